The van der Waals surface area contributed by atoms with Crippen LogP contribution < -0.4 is 5.43 Å². The summed E-state index contributed by atoms with van der Waals surface area (Å²) in [5.41, 5.74) is 7.65. The zero-order valence-corrected chi connectivity index (χ0v) is 14.7. The van der Waals surface area contributed by atoms with Crippen molar-refractivity contribution in [3.05, 3.63) is 69.5 Å². The van der Waals surface area contributed by atoms with Crippen molar-refractivity contribution in [2.75, 3.05) is 5.43 Å². The predicted octanol–water partition coefficient (Wildman–Crippen LogP) is 4.64. The van der Waals surface area contributed by atoms with E-state index in [1.807, 2.05) is 32.0 Å². The first kappa shape index (κ1) is 16.5. The van der Waals surface area contributed by atoms with E-state index in [1.54, 1.807) is 35.3 Å². The molecule has 1 heterocycles. The molecule has 0 saturated heterocycles. The molecular weight excluding hydrogens is 345 g/mol. The van der Waals surface area contributed by atoms with E-state index in [9.17, 15) is 0 Å². The number of hydrogen-bond donors (Lipinski definition) is 1. The van der Waals surface area contributed by atoms with Gasteiger partial charge in [0.25, 0.3) is 0 Å². The van der Waals surface area contributed by atoms with Crippen LogP contribution in [0, 0.1) is 13.8 Å². The van der Waals surface area contributed by atoms with Crippen molar-refractivity contribution < 1.29 is 0 Å². The second-order valence-electron chi connectivity index (χ2n) is 5.35. The third-order valence-corrected chi connectivity index (χ3v) is 3.91. The summed E-state index contributed by atoms with van der Waals surface area (Å²) in [5.74, 6) is 0. The van der Waals surface area contributed by atoms with E-state index in [0.29, 0.717) is 15.7 Å². The van der Waals surface area contributed by atoms with Crippen LogP contribution in [0.3, 0.4) is 0 Å². The zero-order chi connectivity index (χ0) is 17.1. The van der Waals surface area contributed by atoms with Gasteiger partial charge in [-0.15, -0.1) is 5.10 Å². The van der Waals surface area contributed by atoms with Crippen LogP contribution in [0.2, 0.25) is 10.0 Å². The largest absolute Gasteiger partial charge is 0.278 e. The lowest BCUT2D eigenvalue weighted by Gasteiger charge is -2.07. The average Bonchev–Trinajstić information content (AvgIpc) is 2.98. The molecule has 0 radical (unpaired) electrons. The lowest BCUT2D eigenvalue weighted by Crippen LogP contribution is -1.96. The highest BCUT2D eigenvalue weighted by Crippen LogP contribution is 2.21. The third-order valence-electron chi connectivity index (χ3n) is 3.48. The fraction of sp³-hybridized carbons (Fsp3) is 0.118. The highest BCUT2D eigenvalue weighted by Gasteiger charge is 2.04. The normalized spacial score (nSPS) is 11.2. The summed E-state index contributed by atoms with van der Waals surface area (Å²) in [6.07, 6.45) is 3.36. The molecule has 0 saturated carbocycles. The number of halogens is 2. The van der Waals surface area contributed by atoms with Crippen molar-refractivity contribution in [3.63, 3.8) is 0 Å². The topological polar surface area (TPSA) is 55.1 Å². The highest BCUT2D eigenvalue weighted by atomic mass is 35.5. The number of hydrogen-bond acceptors (Lipinski definition) is 4. The Kier molecular flexibility index (Phi) is 4.83. The van der Waals surface area contributed by atoms with E-state index in [4.69, 9.17) is 23.2 Å². The molecule has 0 aliphatic carbocycles. The van der Waals surface area contributed by atoms with Gasteiger partial charge in [0.15, 0.2) is 0 Å². The van der Waals surface area contributed by atoms with Gasteiger partial charge in [-0.2, -0.15) is 5.10 Å². The Morgan fingerprint density at radius 1 is 1.08 bits per heavy atom. The van der Waals surface area contributed by atoms with Crippen molar-refractivity contribution >= 4 is 35.1 Å². The first-order chi connectivity index (χ1) is 11.5. The van der Waals surface area contributed by atoms with Crippen molar-refractivity contribution in [1.82, 2.24) is 15.0 Å². The predicted molar refractivity (Wildman–Crippen MR) is 98.5 cm³/mol. The third kappa shape index (κ3) is 3.75. The fourth-order valence-corrected chi connectivity index (χ4v) is 2.80. The molecule has 0 bridgehead atoms. The van der Waals surface area contributed by atoms with Crippen molar-refractivity contribution in [1.29, 1.82) is 0 Å². The number of aryl methyl sites for hydroxylation is 2. The number of anilines is 1. The second kappa shape index (κ2) is 7.03. The summed E-state index contributed by atoms with van der Waals surface area (Å²) < 4.78 is 1.60. The maximum atomic E-state index is 6.01. The van der Waals surface area contributed by atoms with Crippen LogP contribution in [0.25, 0.3) is 5.69 Å². The summed E-state index contributed by atoms with van der Waals surface area (Å²) in [7, 11) is 0. The van der Waals surface area contributed by atoms with Crippen LogP contribution in [0.1, 0.15) is 16.8 Å². The Bertz CT molecular complexity index is 861. The summed E-state index contributed by atoms with van der Waals surface area (Å²) in [6.45, 7) is 4.06. The van der Waals surface area contributed by atoms with Crippen molar-refractivity contribution in [3.8, 4) is 5.69 Å². The van der Waals surface area contributed by atoms with Crippen molar-refractivity contribution in [2.24, 2.45) is 5.10 Å². The lowest BCUT2D eigenvalue weighted by atomic mass is 10.1. The first-order valence-electron chi connectivity index (χ1n) is 7.27. The van der Waals surface area contributed by atoms with E-state index in [0.717, 1.165) is 22.5 Å². The Morgan fingerprint density at radius 3 is 2.42 bits per heavy atom. The van der Waals surface area contributed by atoms with Crippen LogP contribution in [0.4, 0.5) is 5.69 Å². The molecule has 7 heteroatoms. The molecule has 3 rings (SSSR count). The van der Waals surface area contributed by atoms with E-state index in [1.165, 1.54) is 0 Å². The molecule has 0 fully saturated rings. The van der Waals surface area contributed by atoms with Gasteiger partial charge in [0.2, 0.25) is 0 Å². The number of rotatable bonds is 4. The van der Waals surface area contributed by atoms with Crippen LogP contribution in [-0.4, -0.2) is 21.2 Å². The lowest BCUT2D eigenvalue weighted by molar-refractivity contribution is 0.803. The first-order valence-corrected chi connectivity index (χ1v) is 8.02. The minimum absolute atomic E-state index is 0.542. The van der Waals surface area contributed by atoms with Gasteiger partial charge in [0, 0.05) is 10.0 Å². The molecule has 0 aliphatic heterocycles. The Hall–Kier alpha value is -2.37. The Morgan fingerprint density at radius 2 is 1.75 bits per heavy atom. The molecular formula is C17H15Cl2N5. The van der Waals surface area contributed by atoms with E-state index >= 15 is 0 Å². The van der Waals surface area contributed by atoms with Crippen LogP contribution in [-0.2, 0) is 0 Å². The maximum Gasteiger partial charge on any atom is 0.126 e. The van der Waals surface area contributed by atoms with Crippen LogP contribution >= 0.6 is 23.2 Å². The van der Waals surface area contributed by atoms with Gasteiger partial charge >= 0.3 is 0 Å². The number of aromatic nitrogens is 3. The number of hydrazone groups is 1. The number of nitrogens with zero attached hydrogens (tertiary/aromatic N) is 4. The van der Waals surface area contributed by atoms with Crippen LogP contribution in [0.15, 0.2) is 47.7 Å². The van der Waals surface area contributed by atoms with Gasteiger partial charge < -0.3 is 0 Å². The molecule has 24 heavy (non-hydrogen) atoms. The summed E-state index contributed by atoms with van der Waals surface area (Å²) >= 11 is 12.0. The highest BCUT2D eigenvalue weighted by molar-refractivity contribution is 6.34. The molecule has 122 valence electrons. The maximum absolute atomic E-state index is 6.01. The number of para-hydroxylation sites is 1. The minimum atomic E-state index is 0.542. The molecule has 3 aromatic rings. The number of nitrogens with one attached hydrogen (secondary N) is 1. The fourth-order valence-electron chi connectivity index (χ4n) is 2.29. The molecule has 0 aliphatic rings. The monoisotopic (exact) mass is 359 g/mol. The van der Waals surface area contributed by atoms with Gasteiger partial charge in [-0.25, -0.2) is 4.68 Å². The standard InChI is InChI=1S/C17H15Cl2N5/c1-11-4-3-5-12(2)17(11)22-20-9-15-10-24(23-21-15)16-7-13(18)6-14(19)8-16/h3-10,22H,1-2H3/b20-9+. The van der Waals surface area contributed by atoms with Gasteiger partial charge in [-0.1, -0.05) is 46.6 Å². The molecule has 0 amide bonds. The summed E-state index contributed by atoms with van der Waals surface area (Å²) in [5, 5.41) is 13.4. The average molecular weight is 360 g/mol. The van der Waals surface area contributed by atoms with Gasteiger partial charge in [-0.05, 0) is 43.2 Å². The Balaban J connectivity index is 1.76. The van der Waals surface area contributed by atoms with Crippen LogP contribution in [0.5, 0.6) is 0 Å². The quantitative estimate of drug-likeness (QED) is 0.545. The van der Waals surface area contributed by atoms with Gasteiger partial charge in [0.05, 0.1) is 23.8 Å². The molecule has 2 aromatic carbocycles. The van der Waals surface area contributed by atoms with E-state index < -0.39 is 0 Å². The molecule has 1 N–H and O–H groups in total. The summed E-state index contributed by atoms with van der Waals surface area (Å²) in [4.78, 5) is 0. The Labute approximate surface area is 149 Å². The molecule has 1 aromatic heterocycles. The number of benzene rings is 2. The summed E-state index contributed by atoms with van der Waals surface area (Å²) in [6, 6.07) is 11.3. The van der Waals surface area contributed by atoms with E-state index in [2.05, 4.69) is 20.8 Å². The second-order valence-corrected chi connectivity index (χ2v) is 6.23. The van der Waals surface area contributed by atoms with Gasteiger partial charge in [0.1, 0.15) is 5.69 Å². The molecule has 0 unspecified atom stereocenters. The van der Waals surface area contributed by atoms with Crippen molar-refractivity contribution in [2.45, 2.75) is 13.8 Å². The SMILES string of the molecule is Cc1cccc(C)c1N/N=C/c1cn(-c2cc(Cl)cc(Cl)c2)nn1. The molecule has 5 nitrogen and oxygen atoms in total. The zero-order valence-electron chi connectivity index (χ0n) is 13.2. The smallest absolute Gasteiger partial charge is 0.126 e. The molecule has 0 atom stereocenters. The molecule has 0 spiro atoms. The van der Waals surface area contributed by atoms with E-state index in [-0.39, 0.29) is 0 Å². The van der Waals surface area contributed by atoms with Gasteiger partial charge in [-0.3, -0.25) is 5.43 Å². The minimum Gasteiger partial charge on any atom is -0.278 e.